The molecule has 0 aliphatic heterocycles. The van der Waals surface area contributed by atoms with Gasteiger partial charge in [0, 0.05) is 30.7 Å². The summed E-state index contributed by atoms with van der Waals surface area (Å²) in [4.78, 5) is 24.6. The highest BCUT2D eigenvalue weighted by Gasteiger charge is 2.18. The van der Waals surface area contributed by atoms with E-state index in [0.717, 1.165) is 9.18 Å². The van der Waals surface area contributed by atoms with Crippen molar-refractivity contribution in [3.8, 4) is 0 Å². The van der Waals surface area contributed by atoms with Crippen LogP contribution in [0, 0.1) is 6.92 Å². The molecule has 0 aliphatic rings. The van der Waals surface area contributed by atoms with Crippen molar-refractivity contribution < 1.29 is 22.7 Å². The quantitative estimate of drug-likeness (QED) is 0.561. The SMILES string of the molecule is Cc1ccc(S(=O)(=O)N(C)C)cc1NC(=O)COC(=O)/C=C/c1cccs1. The molecule has 1 aromatic carbocycles. The molecule has 1 heterocycles. The lowest BCUT2D eigenvalue weighted by atomic mass is 10.2. The lowest BCUT2D eigenvalue weighted by Crippen LogP contribution is -2.23. The summed E-state index contributed by atoms with van der Waals surface area (Å²) in [5.74, 6) is -1.20. The topological polar surface area (TPSA) is 92.8 Å². The Hall–Kier alpha value is -2.49. The Balaban J connectivity index is 1.98. The van der Waals surface area contributed by atoms with Gasteiger partial charge in [-0.2, -0.15) is 0 Å². The van der Waals surface area contributed by atoms with Crippen LogP contribution in [0.3, 0.4) is 0 Å². The molecule has 0 unspecified atom stereocenters. The summed E-state index contributed by atoms with van der Waals surface area (Å²) < 4.78 is 30.4. The van der Waals surface area contributed by atoms with Crippen molar-refractivity contribution in [3.05, 3.63) is 52.2 Å². The Morgan fingerprint density at radius 3 is 2.63 bits per heavy atom. The number of sulfonamides is 1. The van der Waals surface area contributed by atoms with Gasteiger partial charge in [0.1, 0.15) is 0 Å². The number of ether oxygens (including phenoxy) is 1. The van der Waals surface area contributed by atoms with Gasteiger partial charge in [0.2, 0.25) is 10.0 Å². The summed E-state index contributed by atoms with van der Waals surface area (Å²) >= 11 is 1.47. The molecule has 0 bridgehead atoms. The van der Waals surface area contributed by atoms with Gasteiger partial charge < -0.3 is 10.1 Å². The van der Waals surface area contributed by atoms with E-state index in [9.17, 15) is 18.0 Å². The van der Waals surface area contributed by atoms with Crippen molar-refractivity contribution >= 4 is 45.0 Å². The molecule has 1 N–H and O–H groups in total. The van der Waals surface area contributed by atoms with Crippen LogP contribution >= 0.6 is 11.3 Å². The Kier molecular flexibility index (Phi) is 6.89. The van der Waals surface area contributed by atoms with Gasteiger partial charge in [-0.3, -0.25) is 4.79 Å². The first-order chi connectivity index (χ1) is 12.7. The summed E-state index contributed by atoms with van der Waals surface area (Å²) in [7, 11) is -0.764. The number of rotatable bonds is 7. The number of anilines is 1. The third kappa shape index (κ3) is 5.75. The molecule has 2 aromatic rings. The van der Waals surface area contributed by atoms with E-state index in [1.165, 1.54) is 43.6 Å². The van der Waals surface area contributed by atoms with Gasteiger partial charge in [0.05, 0.1) is 4.90 Å². The molecule has 0 spiro atoms. The van der Waals surface area contributed by atoms with Crippen LogP contribution in [0.1, 0.15) is 10.4 Å². The molecule has 0 radical (unpaired) electrons. The molecule has 9 heteroatoms. The maximum atomic E-state index is 12.2. The number of carbonyl (C=O) groups is 2. The molecule has 0 atom stereocenters. The van der Waals surface area contributed by atoms with Crippen molar-refractivity contribution in [1.29, 1.82) is 0 Å². The predicted octanol–water partition coefficient (Wildman–Crippen LogP) is 2.50. The standard InChI is InChI=1S/C18H20N2O5S2/c1-13-6-8-15(27(23,24)20(2)3)11-16(13)19-17(21)12-25-18(22)9-7-14-5-4-10-26-14/h4-11H,12H2,1-3H3,(H,19,21)/b9-7+. The van der Waals surface area contributed by atoms with Gasteiger partial charge in [-0.25, -0.2) is 17.5 Å². The minimum atomic E-state index is -3.62. The van der Waals surface area contributed by atoms with Crippen molar-refractivity contribution in [3.63, 3.8) is 0 Å². The maximum Gasteiger partial charge on any atom is 0.331 e. The fraction of sp³-hybridized carbons (Fsp3) is 0.222. The zero-order valence-electron chi connectivity index (χ0n) is 15.1. The van der Waals surface area contributed by atoms with Crippen molar-refractivity contribution in [2.75, 3.05) is 26.0 Å². The maximum absolute atomic E-state index is 12.2. The fourth-order valence-electron chi connectivity index (χ4n) is 2.01. The van der Waals surface area contributed by atoms with Crippen LogP contribution in [0.15, 0.2) is 46.7 Å². The van der Waals surface area contributed by atoms with Gasteiger partial charge in [-0.15, -0.1) is 11.3 Å². The van der Waals surface area contributed by atoms with Crippen molar-refractivity contribution in [1.82, 2.24) is 4.31 Å². The average Bonchev–Trinajstić information content (AvgIpc) is 3.13. The number of benzene rings is 1. The molecule has 1 aromatic heterocycles. The van der Waals surface area contributed by atoms with Gasteiger partial charge in [-0.1, -0.05) is 12.1 Å². The number of nitrogens with zero attached hydrogens (tertiary/aromatic N) is 1. The Bertz CT molecular complexity index is 948. The second kappa shape index (κ2) is 8.94. The van der Waals surface area contributed by atoms with E-state index in [4.69, 9.17) is 4.74 Å². The Morgan fingerprint density at radius 1 is 1.26 bits per heavy atom. The Morgan fingerprint density at radius 2 is 2.00 bits per heavy atom. The van der Waals surface area contributed by atoms with E-state index in [1.54, 1.807) is 19.1 Å². The zero-order chi connectivity index (χ0) is 20.0. The van der Waals surface area contributed by atoms with Crippen molar-refractivity contribution in [2.24, 2.45) is 0 Å². The van der Waals surface area contributed by atoms with Gasteiger partial charge >= 0.3 is 5.97 Å². The highest BCUT2D eigenvalue weighted by molar-refractivity contribution is 7.89. The third-order valence-corrected chi connectivity index (χ3v) is 6.18. The van der Waals surface area contributed by atoms with Gasteiger partial charge in [-0.05, 0) is 42.1 Å². The zero-order valence-corrected chi connectivity index (χ0v) is 16.8. The summed E-state index contributed by atoms with van der Waals surface area (Å²) in [6.07, 6.45) is 2.85. The van der Waals surface area contributed by atoms with Crippen LogP contribution in [-0.4, -0.2) is 45.3 Å². The number of hydrogen-bond acceptors (Lipinski definition) is 6. The first-order valence-corrected chi connectivity index (χ1v) is 10.2. The second-order valence-electron chi connectivity index (χ2n) is 5.77. The molecular formula is C18H20N2O5S2. The van der Waals surface area contributed by atoms with Crippen LogP contribution in [0.4, 0.5) is 5.69 Å². The second-order valence-corrected chi connectivity index (χ2v) is 8.90. The molecule has 0 fully saturated rings. The highest BCUT2D eigenvalue weighted by Crippen LogP contribution is 2.22. The Labute approximate surface area is 162 Å². The lowest BCUT2D eigenvalue weighted by Gasteiger charge is -2.14. The lowest BCUT2D eigenvalue weighted by molar-refractivity contribution is -0.142. The minimum Gasteiger partial charge on any atom is -0.452 e. The molecule has 144 valence electrons. The monoisotopic (exact) mass is 408 g/mol. The highest BCUT2D eigenvalue weighted by atomic mass is 32.2. The predicted molar refractivity (Wildman–Crippen MR) is 105 cm³/mol. The summed E-state index contributed by atoms with van der Waals surface area (Å²) in [6.45, 7) is 1.26. The van der Waals surface area contributed by atoms with Crippen LogP contribution in [0.5, 0.6) is 0 Å². The van der Waals surface area contributed by atoms with Crippen molar-refractivity contribution in [2.45, 2.75) is 11.8 Å². The molecule has 27 heavy (non-hydrogen) atoms. The number of hydrogen-bond donors (Lipinski definition) is 1. The molecule has 7 nitrogen and oxygen atoms in total. The number of amides is 1. The van der Waals surface area contributed by atoms with E-state index >= 15 is 0 Å². The number of thiophene rings is 1. The van der Waals surface area contributed by atoms with E-state index in [2.05, 4.69) is 5.32 Å². The smallest absolute Gasteiger partial charge is 0.331 e. The number of carbonyl (C=O) groups excluding carboxylic acids is 2. The van der Waals surface area contributed by atoms with Gasteiger partial charge in [0.25, 0.3) is 5.91 Å². The molecule has 0 aliphatic carbocycles. The van der Waals surface area contributed by atoms with Crippen LogP contribution < -0.4 is 5.32 Å². The molecule has 1 amide bonds. The minimum absolute atomic E-state index is 0.0595. The number of esters is 1. The average molecular weight is 409 g/mol. The first-order valence-electron chi connectivity index (χ1n) is 7.91. The summed E-state index contributed by atoms with van der Waals surface area (Å²) in [5, 5.41) is 4.45. The first kappa shape index (κ1) is 20.8. The summed E-state index contributed by atoms with van der Waals surface area (Å²) in [5.41, 5.74) is 1.03. The molecule has 0 saturated carbocycles. The van der Waals surface area contributed by atoms with E-state index in [-0.39, 0.29) is 4.90 Å². The molecular weight excluding hydrogens is 388 g/mol. The molecule has 2 rings (SSSR count). The molecule has 0 saturated heterocycles. The normalized spacial score (nSPS) is 11.7. The van der Waals surface area contributed by atoms with E-state index in [1.807, 2.05) is 17.5 Å². The van der Waals surface area contributed by atoms with E-state index in [0.29, 0.717) is 11.3 Å². The summed E-state index contributed by atoms with van der Waals surface area (Å²) in [6, 6.07) is 8.15. The van der Waals surface area contributed by atoms with E-state index < -0.39 is 28.5 Å². The fourth-order valence-corrected chi connectivity index (χ4v) is 3.56. The van der Waals surface area contributed by atoms with Crippen LogP contribution in [-0.2, 0) is 24.3 Å². The van der Waals surface area contributed by atoms with Crippen LogP contribution in [0.25, 0.3) is 6.08 Å². The van der Waals surface area contributed by atoms with Crippen LogP contribution in [0.2, 0.25) is 0 Å². The van der Waals surface area contributed by atoms with Gasteiger partial charge in [0.15, 0.2) is 6.61 Å². The largest absolute Gasteiger partial charge is 0.452 e. The third-order valence-electron chi connectivity index (χ3n) is 3.53. The number of nitrogens with one attached hydrogen (secondary N) is 1. The number of aryl methyl sites for hydroxylation is 1.